The molecule has 1 aromatic rings. The van der Waals surface area contributed by atoms with E-state index in [1.165, 1.54) is 42.4 Å². The monoisotopic (exact) mass is 219 g/mol. The highest BCUT2D eigenvalue weighted by molar-refractivity contribution is 5.30. The maximum atomic E-state index is 3.43. The summed E-state index contributed by atoms with van der Waals surface area (Å²) in [6, 6.07) is 7.37. The third kappa shape index (κ3) is 3.97. The Hall–Kier alpha value is -0.820. The summed E-state index contributed by atoms with van der Waals surface area (Å²) in [6.45, 7) is 6.61. The summed E-state index contributed by atoms with van der Waals surface area (Å²) in [5, 5.41) is 3.43. The summed E-state index contributed by atoms with van der Waals surface area (Å²) in [5.41, 5.74) is 4.17. The largest absolute Gasteiger partial charge is 0.313 e. The van der Waals surface area contributed by atoms with Gasteiger partial charge >= 0.3 is 0 Å². The van der Waals surface area contributed by atoms with Crippen LogP contribution in [0.5, 0.6) is 0 Å². The van der Waals surface area contributed by atoms with Gasteiger partial charge < -0.3 is 5.32 Å². The van der Waals surface area contributed by atoms with Crippen LogP contribution in [-0.2, 0) is 0 Å². The second-order valence-electron chi connectivity index (χ2n) is 4.76. The molecule has 1 N–H and O–H groups in total. The molecular weight excluding hydrogens is 194 g/mol. The first-order valence-corrected chi connectivity index (χ1v) is 6.42. The van der Waals surface area contributed by atoms with Crippen molar-refractivity contribution in [1.29, 1.82) is 0 Å². The van der Waals surface area contributed by atoms with Crippen molar-refractivity contribution in [2.75, 3.05) is 7.05 Å². The van der Waals surface area contributed by atoms with Crippen LogP contribution in [-0.4, -0.2) is 7.05 Å². The highest BCUT2D eigenvalue weighted by atomic mass is 14.9. The lowest BCUT2D eigenvalue weighted by atomic mass is 9.97. The lowest BCUT2D eigenvalue weighted by molar-refractivity contribution is 0.511. The van der Waals surface area contributed by atoms with Gasteiger partial charge in [-0.3, -0.25) is 0 Å². The molecule has 0 aromatic heterocycles. The Morgan fingerprint density at radius 1 is 1.06 bits per heavy atom. The fraction of sp³-hybridized carbons (Fsp3) is 0.600. The number of hydrogen-bond donors (Lipinski definition) is 1. The molecule has 1 aromatic carbocycles. The van der Waals surface area contributed by atoms with E-state index < -0.39 is 0 Å². The van der Waals surface area contributed by atoms with Crippen molar-refractivity contribution < 1.29 is 0 Å². The molecule has 0 fully saturated rings. The number of unbranched alkanes of at least 4 members (excludes halogenated alkanes) is 2. The van der Waals surface area contributed by atoms with E-state index in [9.17, 15) is 0 Å². The van der Waals surface area contributed by atoms with E-state index in [4.69, 9.17) is 0 Å². The first kappa shape index (κ1) is 13.2. The van der Waals surface area contributed by atoms with Crippen molar-refractivity contribution in [2.24, 2.45) is 0 Å². The van der Waals surface area contributed by atoms with Crippen LogP contribution in [0.3, 0.4) is 0 Å². The van der Waals surface area contributed by atoms with Crippen molar-refractivity contribution in [3.8, 4) is 0 Å². The van der Waals surface area contributed by atoms with Crippen LogP contribution in [0, 0.1) is 13.8 Å². The van der Waals surface area contributed by atoms with E-state index in [1.807, 2.05) is 0 Å². The molecule has 16 heavy (non-hydrogen) atoms. The third-order valence-corrected chi connectivity index (χ3v) is 3.09. The molecule has 0 aliphatic carbocycles. The fourth-order valence-corrected chi connectivity index (χ4v) is 2.29. The standard InChI is InChI=1S/C15H25N/c1-5-6-7-8-15(16-4)14-10-12(2)9-13(3)11-14/h9-11,15-16H,5-8H2,1-4H3. The molecular formula is C15H25N. The smallest absolute Gasteiger partial charge is 0.0317 e. The molecule has 0 radical (unpaired) electrons. The van der Waals surface area contributed by atoms with E-state index in [0.29, 0.717) is 6.04 Å². The van der Waals surface area contributed by atoms with Crippen LogP contribution >= 0.6 is 0 Å². The predicted molar refractivity (Wildman–Crippen MR) is 71.9 cm³/mol. The zero-order chi connectivity index (χ0) is 12.0. The van der Waals surface area contributed by atoms with Gasteiger partial charge in [-0.1, -0.05) is 55.5 Å². The van der Waals surface area contributed by atoms with Gasteiger partial charge in [-0.2, -0.15) is 0 Å². The number of benzene rings is 1. The molecule has 0 heterocycles. The van der Waals surface area contributed by atoms with Crippen LogP contribution in [0.4, 0.5) is 0 Å². The van der Waals surface area contributed by atoms with Gasteiger partial charge in [0.05, 0.1) is 0 Å². The highest BCUT2D eigenvalue weighted by Crippen LogP contribution is 2.21. The maximum Gasteiger partial charge on any atom is 0.0317 e. The van der Waals surface area contributed by atoms with Crippen molar-refractivity contribution >= 4 is 0 Å². The van der Waals surface area contributed by atoms with Gasteiger partial charge in [0.2, 0.25) is 0 Å². The van der Waals surface area contributed by atoms with E-state index >= 15 is 0 Å². The molecule has 0 saturated heterocycles. The molecule has 1 heteroatoms. The molecule has 1 atom stereocenters. The zero-order valence-electron chi connectivity index (χ0n) is 11.1. The summed E-state index contributed by atoms with van der Waals surface area (Å²) in [6.07, 6.45) is 5.19. The second-order valence-corrected chi connectivity index (χ2v) is 4.76. The number of aryl methyl sites for hydroxylation is 2. The second kappa shape index (κ2) is 6.70. The van der Waals surface area contributed by atoms with Crippen molar-refractivity contribution in [3.63, 3.8) is 0 Å². The maximum absolute atomic E-state index is 3.43. The summed E-state index contributed by atoms with van der Waals surface area (Å²) >= 11 is 0. The van der Waals surface area contributed by atoms with Crippen LogP contribution in [0.2, 0.25) is 0 Å². The topological polar surface area (TPSA) is 12.0 Å². The predicted octanol–water partition coefficient (Wildman–Crippen LogP) is 4.14. The fourth-order valence-electron chi connectivity index (χ4n) is 2.29. The Morgan fingerprint density at radius 2 is 1.69 bits per heavy atom. The SMILES string of the molecule is CCCCCC(NC)c1cc(C)cc(C)c1. The Bertz CT molecular complexity index is 297. The zero-order valence-corrected chi connectivity index (χ0v) is 11.1. The molecule has 0 aliphatic rings. The number of nitrogens with one attached hydrogen (secondary N) is 1. The molecule has 0 saturated carbocycles. The molecule has 1 unspecified atom stereocenters. The van der Waals surface area contributed by atoms with Crippen molar-refractivity contribution in [2.45, 2.75) is 52.5 Å². The minimum absolute atomic E-state index is 0.519. The summed E-state index contributed by atoms with van der Waals surface area (Å²) in [5.74, 6) is 0. The summed E-state index contributed by atoms with van der Waals surface area (Å²) < 4.78 is 0. The van der Waals surface area contributed by atoms with Gasteiger partial charge in [0, 0.05) is 6.04 Å². The van der Waals surface area contributed by atoms with Crippen molar-refractivity contribution in [3.05, 3.63) is 34.9 Å². The average Bonchev–Trinajstić information content (AvgIpc) is 2.23. The first-order chi connectivity index (χ1) is 7.67. The van der Waals surface area contributed by atoms with Crippen LogP contribution in [0.25, 0.3) is 0 Å². The molecule has 0 spiro atoms. The quantitative estimate of drug-likeness (QED) is 0.709. The van der Waals surface area contributed by atoms with E-state index in [1.54, 1.807) is 0 Å². The van der Waals surface area contributed by atoms with Crippen LogP contribution in [0.1, 0.15) is 55.3 Å². The van der Waals surface area contributed by atoms with E-state index in [-0.39, 0.29) is 0 Å². The minimum atomic E-state index is 0.519. The first-order valence-electron chi connectivity index (χ1n) is 6.42. The minimum Gasteiger partial charge on any atom is -0.313 e. The van der Waals surface area contributed by atoms with Crippen LogP contribution < -0.4 is 5.32 Å². The Balaban J connectivity index is 2.70. The van der Waals surface area contributed by atoms with Gasteiger partial charge in [-0.15, -0.1) is 0 Å². The normalized spacial score (nSPS) is 12.8. The lowest BCUT2D eigenvalue weighted by Crippen LogP contribution is -2.16. The summed E-state index contributed by atoms with van der Waals surface area (Å²) in [4.78, 5) is 0. The van der Waals surface area contributed by atoms with Crippen LogP contribution in [0.15, 0.2) is 18.2 Å². The van der Waals surface area contributed by atoms with E-state index in [0.717, 1.165) is 0 Å². The lowest BCUT2D eigenvalue weighted by Gasteiger charge is -2.17. The highest BCUT2D eigenvalue weighted by Gasteiger charge is 2.09. The number of rotatable bonds is 6. The van der Waals surface area contributed by atoms with Gasteiger partial charge in [-0.25, -0.2) is 0 Å². The molecule has 0 bridgehead atoms. The van der Waals surface area contributed by atoms with Gasteiger partial charge in [0.15, 0.2) is 0 Å². The molecule has 1 nitrogen and oxygen atoms in total. The van der Waals surface area contributed by atoms with Crippen molar-refractivity contribution in [1.82, 2.24) is 5.32 Å². The molecule has 0 aliphatic heterocycles. The Kier molecular flexibility index (Phi) is 5.54. The molecule has 90 valence electrons. The van der Waals surface area contributed by atoms with Gasteiger partial charge in [-0.05, 0) is 32.9 Å². The average molecular weight is 219 g/mol. The Labute approximate surface area is 100 Å². The Morgan fingerprint density at radius 3 is 2.19 bits per heavy atom. The molecule has 0 amide bonds. The number of hydrogen-bond acceptors (Lipinski definition) is 1. The van der Waals surface area contributed by atoms with E-state index in [2.05, 4.69) is 51.3 Å². The summed E-state index contributed by atoms with van der Waals surface area (Å²) in [7, 11) is 2.06. The molecule has 1 rings (SSSR count). The van der Waals surface area contributed by atoms with Gasteiger partial charge in [0.25, 0.3) is 0 Å². The van der Waals surface area contributed by atoms with Gasteiger partial charge in [0.1, 0.15) is 0 Å². The third-order valence-electron chi connectivity index (χ3n) is 3.09.